The lowest BCUT2D eigenvalue weighted by molar-refractivity contribution is -0.124. The number of nitrogens with one attached hydrogen (secondary N) is 1. The van der Waals surface area contributed by atoms with Crippen LogP contribution in [0.5, 0.6) is 5.75 Å². The quantitative estimate of drug-likeness (QED) is 0.797. The summed E-state index contributed by atoms with van der Waals surface area (Å²) in [7, 11) is 0. The van der Waals surface area contributed by atoms with Crippen LogP contribution in [0.25, 0.3) is 0 Å². The van der Waals surface area contributed by atoms with Gasteiger partial charge in [-0.25, -0.2) is 0 Å². The topological polar surface area (TPSA) is 55.4 Å². The first-order chi connectivity index (χ1) is 11.1. The van der Waals surface area contributed by atoms with Crippen LogP contribution in [-0.4, -0.2) is 18.8 Å². The van der Waals surface area contributed by atoms with Crippen molar-refractivity contribution in [2.75, 3.05) is 6.61 Å². The smallest absolute Gasteiger partial charge is 0.258 e. The van der Waals surface area contributed by atoms with Gasteiger partial charge < -0.3 is 10.1 Å². The molecule has 0 aliphatic heterocycles. The summed E-state index contributed by atoms with van der Waals surface area (Å²) in [5, 5.41) is 2.99. The van der Waals surface area contributed by atoms with E-state index in [0.717, 1.165) is 5.56 Å². The maximum atomic E-state index is 12.2. The van der Waals surface area contributed by atoms with Gasteiger partial charge >= 0.3 is 0 Å². The molecule has 0 bridgehead atoms. The largest absolute Gasteiger partial charge is 0.483 e. The first-order valence-electron chi connectivity index (χ1n) is 7.63. The molecule has 0 fully saturated rings. The van der Waals surface area contributed by atoms with Crippen molar-refractivity contribution in [3.05, 3.63) is 65.7 Å². The molecule has 0 spiro atoms. The van der Waals surface area contributed by atoms with Crippen molar-refractivity contribution < 1.29 is 14.3 Å². The summed E-state index contributed by atoms with van der Waals surface area (Å²) >= 11 is 0. The third kappa shape index (κ3) is 4.68. The van der Waals surface area contributed by atoms with E-state index in [1.54, 1.807) is 24.3 Å². The molecule has 0 aromatic heterocycles. The molecule has 0 aliphatic rings. The van der Waals surface area contributed by atoms with Gasteiger partial charge in [-0.2, -0.15) is 0 Å². The predicted molar refractivity (Wildman–Crippen MR) is 89.5 cm³/mol. The Morgan fingerprint density at radius 2 is 1.74 bits per heavy atom. The molecule has 1 amide bonds. The van der Waals surface area contributed by atoms with E-state index >= 15 is 0 Å². The fraction of sp³-hybridized carbons (Fsp3) is 0.263. The molecule has 2 aromatic carbocycles. The second kappa shape index (κ2) is 8.13. The minimum absolute atomic E-state index is 0.0754. The molecule has 4 nitrogen and oxygen atoms in total. The first-order valence-corrected chi connectivity index (χ1v) is 7.63. The van der Waals surface area contributed by atoms with E-state index in [2.05, 4.69) is 19.2 Å². The standard InChI is InChI=1S/C19H21NO3/c1-14(2)19(15-8-4-3-5-9-15)20-18(22)13-23-17-11-7-6-10-16(17)12-21/h3-12,14,19H,13H2,1-2H3,(H,20,22). The number of benzene rings is 2. The van der Waals surface area contributed by atoms with Crippen LogP contribution in [0.15, 0.2) is 54.6 Å². The Hall–Kier alpha value is -2.62. The second-order valence-corrected chi connectivity index (χ2v) is 5.64. The van der Waals surface area contributed by atoms with Gasteiger partial charge in [-0.15, -0.1) is 0 Å². The van der Waals surface area contributed by atoms with Crippen LogP contribution in [-0.2, 0) is 4.79 Å². The number of rotatable bonds is 7. The van der Waals surface area contributed by atoms with Gasteiger partial charge in [0.25, 0.3) is 5.91 Å². The van der Waals surface area contributed by atoms with Gasteiger partial charge in [0.1, 0.15) is 5.75 Å². The Bertz CT molecular complexity index is 653. The van der Waals surface area contributed by atoms with Crippen LogP contribution in [0.2, 0.25) is 0 Å². The molecule has 2 rings (SSSR count). The number of hydrogen-bond donors (Lipinski definition) is 1. The lowest BCUT2D eigenvalue weighted by atomic mass is 9.96. The van der Waals surface area contributed by atoms with Crippen molar-refractivity contribution in [1.82, 2.24) is 5.32 Å². The zero-order valence-electron chi connectivity index (χ0n) is 13.4. The molecule has 1 atom stereocenters. The van der Waals surface area contributed by atoms with E-state index in [-0.39, 0.29) is 24.5 Å². The Labute approximate surface area is 136 Å². The van der Waals surface area contributed by atoms with Gasteiger partial charge in [0.15, 0.2) is 12.9 Å². The number of hydrogen-bond acceptors (Lipinski definition) is 3. The summed E-state index contributed by atoms with van der Waals surface area (Å²) < 4.78 is 5.46. The summed E-state index contributed by atoms with van der Waals surface area (Å²) in [6.07, 6.45) is 0.716. The van der Waals surface area contributed by atoms with E-state index in [1.165, 1.54) is 0 Å². The molecular formula is C19H21NO3. The Morgan fingerprint density at radius 1 is 1.09 bits per heavy atom. The monoisotopic (exact) mass is 311 g/mol. The van der Waals surface area contributed by atoms with E-state index in [1.807, 2.05) is 30.3 Å². The Kier molecular flexibility index (Phi) is 5.92. The average Bonchev–Trinajstić information content (AvgIpc) is 2.58. The zero-order chi connectivity index (χ0) is 16.7. The number of amides is 1. The summed E-state index contributed by atoms with van der Waals surface area (Å²) in [4.78, 5) is 23.1. The Morgan fingerprint density at radius 3 is 2.39 bits per heavy atom. The molecule has 4 heteroatoms. The van der Waals surface area contributed by atoms with Crippen LogP contribution in [0.3, 0.4) is 0 Å². The van der Waals surface area contributed by atoms with Crippen LogP contribution in [0, 0.1) is 5.92 Å². The van der Waals surface area contributed by atoms with Crippen molar-refractivity contribution in [2.24, 2.45) is 5.92 Å². The van der Waals surface area contributed by atoms with E-state index in [4.69, 9.17) is 4.74 Å². The summed E-state index contributed by atoms with van der Waals surface area (Å²) in [6, 6.07) is 16.6. The second-order valence-electron chi connectivity index (χ2n) is 5.64. The summed E-state index contributed by atoms with van der Waals surface area (Å²) in [6.45, 7) is 3.99. The van der Waals surface area contributed by atoms with Crippen molar-refractivity contribution in [1.29, 1.82) is 0 Å². The molecule has 0 aliphatic carbocycles. The van der Waals surface area contributed by atoms with Gasteiger partial charge in [0, 0.05) is 0 Å². The van der Waals surface area contributed by atoms with Crippen molar-refractivity contribution in [2.45, 2.75) is 19.9 Å². The van der Waals surface area contributed by atoms with E-state index < -0.39 is 0 Å². The number of carbonyl (C=O) groups excluding carboxylic acids is 2. The summed E-state index contributed by atoms with van der Waals surface area (Å²) in [5.74, 6) is 0.454. The van der Waals surface area contributed by atoms with Crippen molar-refractivity contribution >= 4 is 12.2 Å². The lowest BCUT2D eigenvalue weighted by Gasteiger charge is -2.23. The van der Waals surface area contributed by atoms with Crippen LogP contribution in [0.4, 0.5) is 0 Å². The molecule has 1 unspecified atom stereocenters. The molecule has 1 N–H and O–H groups in total. The molecule has 0 saturated carbocycles. The van der Waals surface area contributed by atoms with Gasteiger partial charge in [0.05, 0.1) is 11.6 Å². The molecule has 0 heterocycles. The molecular weight excluding hydrogens is 290 g/mol. The third-order valence-corrected chi connectivity index (χ3v) is 3.55. The fourth-order valence-corrected chi connectivity index (χ4v) is 2.36. The van der Waals surface area contributed by atoms with Crippen LogP contribution < -0.4 is 10.1 Å². The lowest BCUT2D eigenvalue weighted by Crippen LogP contribution is -2.35. The highest BCUT2D eigenvalue weighted by Crippen LogP contribution is 2.21. The molecule has 0 saturated heterocycles. The molecule has 0 radical (unpaired) electrons. The van der Waals surface area contributed by atoms with Gasteiger partial charge in [-0.05, 0) is 23.6 Å². The van der Waals surface area contributed by atoms with Gasteiger partial charge in [-0.1, -0.05) is 56.3 Å². The van der Waals surface area contributed by atoms with Gasteiger partial charge in [0.2, 0.25) is 0 Å². The fourth-order valence-electron chi connectivity index (χ4n) is 2.36. The zero-order valence-corrected chi connectivity index (χ0v) is 13.4. The van der Waals surface area contributed by atoms with Crippen LogP contribution >= 0.6 is 0 Å². The molecule has 23 heavy (non-hydrogen) atoms. The normalized spacial score (nSPS) is 11.8. The first kappa shape index (κ1) is 16.7. The van der Waals surface area contributed by atoms with Gasteiger partial charge in [-0.3, -0.25) is 9.59 Å². The van der Waals surface area contributed by atoms with Crippen molar-refractivity contribution in [3.63, 3.8) is 0 Å². The van der Waals surface area contributed by atoms with Crippen molar-refractivity contribution in [3.8, 4) is 5.75 Å². The minimum Gasteiger partial charge on any atom is -0.483 e. The highest BCUT2D eigenvalue weighted by atomic mass is 16.5. The highest BCUT2D eigenvalue weighted by Gasteiger charge is 2.18. The molecule has 120 valence electrons. The average molecular weight is 311 g/mol. The number of ether oxygens (including phenoxy) is 1. The number of aldehydes is 1. The minimum atomic E-state index is -0.215. The third-order valence-electron chi connectivity index (χ3n) is 3.55. The van der Waals surface area contributed by atoms with E-state index in [9.17, 15) is 9.59 Å². The highest BCUT2D eigenvalue weighted by molar-refractivity contribution is 5.81. The SMILES string of the molecule is CC(C)C(NC(=O)COc1ccccc1C=O)c1ccccc1. The maximum absolute atomic E-state index is 12.2. The number of para-hydroxylation sites is 1. The van der Waals surface area contributed by atoms with Crippen LogP contribution in [0.1, 0.15) is 35.8 Å². The Balaban J connectivity index is 1.99. The predicted octanol–water partition coefficient (Wildman–Crippen LogP) is 3.39. The maximum Gasteiger partial charge on any atom is 0.258 e. The number of carbonyl (C=O) groups is 2. The van der Waals surface area contributed by atoms with E-state index in [0.29, 0.717) is 17.6 Å². The summed E-state index contributed by atoms with van der Waals surface area (Å²) in [5.41, 5.74) is 1.49. The molecule has 2 aromatic rings.